The fourth-order valence-electron chi connectivity index (χ4n) is 1.97. The summed E-state index contributed by atoms with van der Waals surface area (Å²) in [5.41, 5.74) is 0.585. The normalized spacial score (nSPS) is 10.6. The second kappa shape index (κ2) is 10.3. The van der Waals surface area contributed by atoms with Crippen molar-refractivity contribution in [2.75, 3.05) is 38.1 Å². The van der Waals surface area contributed by atoms with Gasteiger partial charge in [-0.25, -0.2) is 4.79 Å². The van der Waals surface area contributed by atoms with Gasteiger partial charge in [-0.15, -0.1) is 0 Å². The fourth-order valence-corrected chi connectivity index (χ4v) is 2.14. The fraction of sp³-hybridized carbons (Fsp3) is 0.562. The number of halogens is 1. The number of likely N-dealkylation sites (N-methyl/N-ethyl adjacent to an activating group) is 1. The van der Waals surface area contributed by atoms with Crippen LogP contribution in [0.15, 0.2) is 18.2 Å². The Morgan fingerprint density at radius 1 is 1.27 bits per heavy atom. The molecule has 124 valence electrons. The Bertz CT molecular complexity index is 465. The maximum atomic E-state index is 12.0. The summed E-state index contributed by atoms with van der Waals surface area (Å²) < 4.78 is 5.61. The van der Waals surface area contributed by atoms with Gasteiger partial charge in [0.05, 0.1) is 12.3 Å². The number of nitrogens with zero attached hydrogens (tertiary/aromatic N) is 1. The van der Waals surface area contributed by atoms with Crippen molar-refractivity contribution in [2.45, 2.75) is 27.2 Å². The van der Waals surface area contributed by atoms with E-state index in [0.717, 1.165) is 26.1 Å². The third-order valence-corrected chi connectivity index (χ3v) is 3.49. The Hall–Kier alpha value is -1.46. The number of hydrogen-bond donors (Lipinski definition) is 2. The average Bonchev–Trinajstić information content (AvgIpc) is 2.51. The minimum absolute atomic E-state index is 0.254. The van der Waals surface area contributed by atoms with Crippen LogP contribution < -0.4 is 15.4 Å². The molecule has 0 saturated heterocycles. The van der Waals surface area contributed by atoms with Crippen LogP contribution in [0.2, 0.25) is 5.02 Å². The molecule has 0 aliphatic carbocycles. The molecule has 1 rings (SSSR count). The van der Waals surface area contributed by atoms with Crippen molar-refractivity contribution in [2.24, 2.45) is 0 Å². The summed E-state index contributed by atoms with van der Waals surface area (Å²) >= 11 is 5.98. The molecule has 1 aromatic rings. The average molecular weight is 328 g/mol. The third-order valence-electron chi connectivity index (χ3n) is 3.26. The van der Waals surface area contributed by atoms with E-state index >= 15 is 0 Å². The Kier molecular flexibility index (Phi) is 8.70. The van der Waals surface area contributed by atoms with E-state index in [0.29, 0.717) is 29.6 Å². The van der Waals surface area contributed by atoms with Crippen molar-refractivity contribution in [3.63, 3.8) is 0 Å². The quantitative estimate of drug-likeness (QED) is 0.728. The molecule has 22 heavy (non-hydrogen) atoms. The van der Waals surface area contributed by atoms with Gasteiger partial charge in [0, 0.05) is 18.1 Å². The number of hydrogen-bond acceptors (Lipinski definition) is 3. The topological polar surface area (TPSA) is 53.6 Å². The molecule has 1 aromatic carbocycles. The number of rotatable bonds is 9. The molecule has 0 fully saturated rings. The van der Waals surface area contributed by atoms with Crippen LogP contribution >= 0.6 is 11.6 Å². The van der Waals surface area contributed by atoms with E-state index in [-0.39, 0.29) is 6.03 Å². The summed E-state index contributed by atoms with van der Waals surface area (Å²) in [6.45, 7) is 10.2. The highest BCUT2D eigenvalue weighted by Gasteiger charge is 2.09. The van der Waals surface area contributed by atoms with Crippen LogP contribution in [0.5, 0.6) is 5.75 Å². The van der Waals surface area contributed by atoms with Crippen molar-refractivity contribution >= 4 is 23.3 Å². The van der Waals surface area contributed by atoms with Gasteiger partial charge in [0.1, 0.15) is 5.75 Å². The first-order valence-electron chi connectivity index (χ1n) is 7.80. The molecule has 0 aromatic heterocycles. The van der Waals surface area contributed by atoms with Crippen LogP contribution in [0.4, 0.5) is 10.5 Å². The van der Waals surface area contributed by atoms with E-state index in [1.165, 1.54) is 0 Å². The molecule has 0 aliphatic rings. The molecule has 0 heterocycles. The van der Waals surface area contributed by atoms with Crippen LogP contribution in [0.25, 0.3) is 0 Å². The molecule has 6 heteroatoms. The van der Waals surface area contributed by atoms with Gasteiger partial charge in [0.25, 0.3) is 0 Å². The van der Waals surface area contributed by atoms with Crippen molar-refractivity contribution in [3.8, 4) is 5.75 Å². The lowest BCUT2D eigenvalue weighted by atomic mass is 10.3. The van der Waals surface area contributed by atoms with Crippen LogP contribution in [0, 0.1) is 0 Å². The van der Waals surface area contributed by atoms with Crippen molar-refractivity contribution in [1.29, 1.82) is 0 Å². The van der Waals surface area contributed by atoms with Gasteiger partial charge in [0.2, 0.25) is 0 Å². The lowest BCUT2D eigenvalue weighted by Gasteiger charge is -2.18. The van der Waals surface area contributed by atoms with E-state index in [1.54, 1.807) is 18.2 Å². The van der Waals surface area contributed by atoms with Crippen molar-refractivity contribution in [3.05, 3.63) is 23.2 Å². The number of anilines is 1. The first-order chi connectivity index (χ1) is 10.6. The standard InChI is InChI=1S/C16H26ClN3O2/c1-4-11-22-15-8-7-13(17)12-14(15)19-16(21)18-9-10-20(5-2)6-3/h7-8,12H,4-6,9-11H2,1-3H3,(H2,18,19,21). The van der Waals surface area contributed by atoms with E-state index in [2.05, 4.69) is 29.4 Å². The summed E-state index contributed by atoms with van der Waals surface area (Å²) in [4.78, 5) is 14.2. The molecular formula is C16H26ClN3O2. The van der Waals surface area contributed by atoms with Gasteiger partial charge in [-0.2, -0.15) is 0 Å². The Labute approximate surface area is 138 Å². The van der Waals surface area contributed by atoms with Gasteiger partial charge < -0.3 is 20.3 Å². The van der Waals surface area contributed by atoms with E-state index in [1.807, 2.05) is 6.92 Å². The molecule has 0 saturated carbocycles. The van der Waals surface area contributed by atoms with Crippen LogP contribution in [-0.2, 0) is 0 Å². The van der Waals surface area contributed by atoms with Gasteiger partial charge in [-0.1, -0.05) is 32.4 Å². The lowest BCUT2D eigenvalue weighted by Crippen LogP contribution is -2.36. The number of benzene rings is 1. The monoisotopic (exact) mass is 327 g/mol. The largest absolute Gasteiger partial charge is 0.491 e. The smallest absolute Gasteiger partial charge is 0.319 e. The molecule has 0 unspecified atom stereocenters. The number of nitrogens with one attached hydrogen (secondary N) is 2. The van der Waals surface area contributed by atoms with Gasteiger partial charge in [0.15, 0.2) is 0 Å². The van der Waals surface area contributed by atoms with Crippen molar-refractivity contribution in [1.82, 2.24) is 10.2 Å². The number of ether oxygens (including phenoxy) is 1. The number of amides is 2. The second-order valence-electron chi connectivity index (χ2n) is 4.90. The summed E-state index contributed by atoms with van der Waals surface area (Å²) in [5.74, 6) is 0.630. The first kappa shape index (κ1) is 18.6. The summed E-state index contributed by atoms with van der Waals surface area (Å²) in [6.07, 6.45) is 0.901. The highest BCUT2D eigenvalue weighted by Crippen LogP contribution is 2.28. The highest BCUT2D eigenvalue weighted by atomic mass is 35.5. The summed E-state index contributed by atoms with van der Waals surface area (Å²) in [6, 6.07) is 4.95. The predicted molar refractivity (Wildman–Crippen MR) is 92.0 cm³/mol. The second-order valence-corrected chi connectivity index (χ2v) is 5.33. The molecule has 0 radical (unpaired) electrons. The van der Waals surface area contributed by atoms with Crippen LogP contribution in [-0.4, -0.2) is 43.7 Å². The summed E-state index contributed by atoms with van der Waals surface area (Å²) in [5, 5.41) is 6.19. The minimum atomic E-state index is -0.254. The molecule has 2 N–H and O–H groups in total. The Morgan fingerprint density at radius 2 is 2.00 bits per heavy atom. The van der Waals surface area contributed by atoms with Crippen molar-refractivity contribution < 1.29 is 9.53 Å². The van der Waals surface area contributed by atoms with E-state index in [4.69, 9.17) is 16.3 Å². The lowest BCUT2D eigenvalue weighted by molar-refractivity contribution is 0.247. The zero-order valence-corrected chi connectivity index (χ0v) is 14.4. The zero-order chi connectivity index (χ0) is 16.4. The van der Waals surface area contributed by atoms with Crippen LogP contribution in [0.1, 0.15) is 27.2 Å². The number of carbonyl (C=O) groups excluding carboxylic acids is 1. The molecular weight excluding hydrogens is 302 g/mol. The molecule has 5 nitrogen and oxygen atoms in total. The Morgan fingerprint density at radius 3 is 2.64 bits per heavy atom. The number of carbonyl (C=O) groups is 1. The molecule has 2 amide bonds. The van der Waals surface area contributed by atoms with E-state index in [9.17, 15) is 4.79 Å². The third kappa shape index (κ3) is 6.54. The predicted octanol–water partition coefficient (Wildman–Crippen LogP) is 3.59. The Balaban J connectivity index is 2.54. The molecule has 0 atom stereocenters. The van der Waals surface area contributed by atoms with Gasteiger partial charge in [-0.3, -0.25) is 0 Å². The van der Waals surface area contributed by atoms with Crippen LogP contribution in [0.3, 0.4) is 0 Å². The zero-order valence-electron chi connectivity index (χ0n) is 13.6. The van der Waals surface area contributed by atoms with Gasteiger partial charge in [-0.05, 0) is 37.7 Å². The molecule has 0 aliphatic heterocycles. The molecule has 0 spiro atoms. The highest BCUT2D eigenvalue weighted by molar-refractivity contribution is 6.31. The maximum absolute atomic E-state index is 12.0. The van der Waals surface area contributed by atoms with Gasteiger partial charge >= 0.3 is 6.03 Å². The SMILES string of the molecule is CCCOc1ccc(Cl)cc1NC(=O)NCCN(CC)CC. The van der Waals surface area contributed by atoms with E-state index < -0.39 is 0 Å². The summed E-state index contributed by atoms with van der Waals surface area (Å²) in [7, 11) is 0. The number of urea groups is 1. The first-order valence-corrected chi connectivity index (χ1v) is 8.18. The minimum Gasteiger partial charge on any atom is -0.491 e. The molecule has 0 bridgehead atoms. The maximum Gasteiger partial charge on any atom is 0.319 e.